The van der Waals surface area contributed by atoms with Gasteiger partial charge in [0.25, 0.3) is 0 Å². The molecule has 8 heteroatoms. The summed E-state index contributed by atoms with van der Waals surface area (Å²) in [5.41, 5.74) is 1.27. The Balaban J connectivity index is 0.00000312. The van der Waals surface area contributed by atoms with Crippen LogP contribution in [0.5, 0.6) is 0 Å². The average Bonchev–Trinajstić information content (AvgIpc) is 2.92. The van der Waals surface area contributed by atoms with Crippen molar-refractivity contribution in [1.82, 2.24) is 20.8 Å². The van der Waals surface area contributed by atoms with Crippen molar-refractivity contribution >= 4 is 41.5 Å². The third-order valence-corrected chi connectivity index (χ3v) is 3.75. The number of aromatic nitrogens is 2. The van der Waals surface area contributed by atoms with E-state index in [0.29, 0.717) is 24.2 Å². The van der Waals surface area contributed by atoms with Crippen molar-refractivity contribution in [3.63, 3.8) is 0 Å². The topological polar surface area (TPSA) is 75.3 Å². The average molecular weight is 478 g/mol. The first-order valence-electron chi connectivity index (χ1n) is 7.86. The molecule has 0 saturated carbocycles. The van der Waals surface area contributed by atoms with E-state index in [2.05, 4.69) is 45.7 Å². The van der Waals surface area contributed by atoms with Gasteiger partial charge >= 0.3 is 0 Å². The Hall–Kier alpha value is -1.35. The van der Waals surface area contributed by atoms with Gasteiger partial charge in [0.15, 0.2) is 11.8 Å². The van der Waals surface area contributed by atoms with Crippen LogP contribution in [-0.4, -0.2) is 29.7 Å². The number of nitrogens with zero attached hydrogens (tertiary/aromatic N) is 3. The zero-order chi connectivity index (χ0) is 17.6. The molecule has 0 fully saturated rings. The summed E-state index contributed by atoms with van der Waals surface area (Å²) in [7, 11) is 1.74. The quantitative estimate of drug-likeness (QED) is 0.378. The molecular formula is C17H25ClIN5O. The minimum Gasteiger partial charge on any atom is -0.356 e. The van der Waals surface area contributed by atoms with Crippen molar-refractivity contribution in [2.24, 2.45) is 10.4 Å². The normalized spacial score (nSPS) is 11.8. The lowest BCUT2D eigenvalue weighted by Crippen LogP contribution is -2.42. The summed E-state index contributed by atoms with van der Waals surface area (Å²) in [4.78, 5) is 8.38. The lowest BCUT2D eigenvalue weighted by Gasteiger charge is -2.26. The summed E-state index contributed by atoms with van der Waals surface area (Å²) in [6, 6.07) is 7.98. The molecule has 2 rings (SSSR count). The highest BCUT2D eigenvalue weighted by Crippen LogP contribution is 2.22. The number of hydrogen-bond donors (Lipinski definition) is 2. The Bertz CT molecular complexity index is 702. The van der Waals surface area contributed by atoms with Crippen LogP contribution in [0.25, 0.3) is 0 Å². The van der Waals surface area contributed by atoms with Crippen LogP contribution in [0, 0.1) is 12.3 Å². The molecule has 2 N–H and O–H groups in total. The first-order chi connectivity index (χ1) is 11.4. The van der Waals surface area contributed by atoms with E-state index in [1.165, 1.54) is 5.56 Å². The van der Waals surface area contributed by atoms with Gasteiger partial charge in [-0.2, -0.15) is 4.98 Å². The number of guanidine groups is 1. The molecule has 0 unspecified atom stereocenters. The third-order valence-electron chi connectivity index (χ3n) is 3.51. The number of aryl methyl sites for hydroxylation is 1. The van der Waals surface area contributed by atoms with Gasteiger partial charge in [0, 0.05) is 25.5 Å². The lowest BCUT2D eigenvalue weighted by molar-refractivity contribution is 0.358. The minimum atomic E-state index is 0. The monoisotopic (exact) mass is 477 g/mol. The van der Waals surface area contributed by atoms with Gasteiger partial charge in [-0.1, -0.05) is 42.7 Å². The van der Waals surface area contributed by atoms with Crippen LogP contribution >= 0.6 is 35.6 Å². The highest BCUT2D eigenvalue weighted by molar-refractivity contribution is 14.0. The maximum Gasteiger partial charge on any atom is 0.223 e. The Labute approximate surface area is 170 Å². The van der Waals surface area contributed by atoms with Gasteiger partial charge < -0.3 is 15.2 Å². The molecule has 0 aliphatic rings. The van der Waals surface area contributed by atoms with Gasteiger partial charge in [0.05, 0.1) is 6.54 Å². The van der Waals surface area contributed by atoms with Gasteiger partial charge in [0.2, 0.25) is 5.89 Å². The summed E-state index contributed by atoms with van der Waals surface area (Å²) in [5, 5.41) is 11.1. The predicted octanol–water partition coefficient (Wildman–Crippen LogP) is 3.58. The Morgan fingerprint density at radius 3 is 2.68 bits per heavy atom. The molecule has 1 heterocycles. The summed E-state index contributed by atoms with van der Waals surface area (Å²) in [6.45, 7) is 7.41. The molecule has 6 nitrogen and oxygen atoms in total. The number of nitrogens with one attached hydrogen (secondary N) is 2. The van der Waals surface area contributed by atoms with E-state index in [1.807, 2.05) is 18.2 Å². The van der Waals surface area contributed by atoms with E-state index >= 15 is 0 Å². The molecule has 1 aromatic carbocycles. The Morgan fingerprint density at radius 2 is 2.08 bits per heavy atom. The zero-order valence-electron chi connectivity index (χ0n) is 15.0. The van der Waals surface area contributed by atoms with Crippen LogP contribution in [0.4, 0.5) is 0 Å². The van der Waals surface area contributed by atoms with Crippen molar-refractivity contribution in [3.05, 3.63) is 46.6 Å². The number of aliphatic imine (C=N–C) groups is 1. The molecule has 0 radical (unpaired) electrons. The van der Waals surface area contributed by atoms with E-state index in [4.69, 9.17) is 16.1 Å². The second-order valence-corrected chi connectivity index (χ2v) is 6.92. The maximum absolute atomic E-state index is 6.06. The first kappa shape index (κ1) is 21.7. The number of halogens is 2. The highest BCUT2D eigenvalue weighted by Gasteiger charge is 2.19. The largest absolute Gasteiger partial charge is 0.356 e. The molecule has 0 spiro atoms. The van der Waals surface area contributed by atoms with Crippen LogP contribution < -0.4 is 10.6 Å². The first-order valence-corrected chi connectivity index (χ1v) is 8.24. The van der Waals surface area contributed by atoms with Crippen LogP contribution in [0.2, 0.25) is 5.02 Å². The second-order valence-electron chi connectivity index (χ2n) is 6.48. The molecule has 2 aromatic rings. The van der Waals surface area contributed by atoms with Crippen molar-refractivity contribution in [1.29, 1.82) is 0 Å². The molecule has 0 bridgehead atoms. The Morgan fingerprint density at radius 1 is 1.32 bits per heavy atom. The van der Waals surface area contributed by atoms with E-state index in [1.54, 1.807) is 14.0 Å². The molecule has 25 heavy (non-hydrogen) atoms. The smallest absolute Gasteiger partial charge is 0.223 e. The van der Waals surface area contributed by atoms with Crippen LogP contribution in [0.3, 0.4) is 0 Å². The highest BCUT2D eigenvalue weighted by atomic mass is 127. The number of hydrogen-bond acceptors (Lipinski definition) is 4. The summed E-state index contributed by atoms with van der Waals surface area (Å²) < 4.78 is 4.95. The summed E-state index contributed by atoms with van der Waals surface area (Å²) >= 11 is 6.06. The molecule has 0 amide bonds. The maximum atomic E-state index is 6.06. The zero-order valence-corrected chi connectivity index (χ0v) is 18.1. The van der Waals surface area contributed by atoms with Crippen LogP contribution in [0.1, 0.15) is 31.1 Å². The van der Waals surface area contributed by atoms with Crippen LogP contribution in [0.15, 0.2) is 33.8 Å². The fraction of sp³-hybridized carbons (Fsp3) is 0.471. The van der Waals surface area contributed by atoms with E-state index in [9.17, 15) is 0 Å². The fourth-order valence-corrected chi connectivity index (χ4v) is 2.59. The van der Waals surface area contributed by atoms with Crippen molar-refractivity contribution < 1.29 is 4.52 Å². The standard InChI is InChI=1S/C17H24ClN5O.HI/c1-12-22-15(23-24-12)10-20-16(19-4)21-11-17(2,3)9-13-6-5-7-14(18)8-13;/h5-8H,9-11H2,1-4H3,(H2,19,20,21);1H. The van der Waals surface area contributed by atoms with Crippen molar-refractivity contribution in [3.8, 4) is 0 Å². The molecule has 0 aliphatic heterocycles. The van der Waals surface area contributed by atoms with Gasteiger partial charge in [0.1, 0.15) is 0 Å². The van der Waals surface area contributed by atoms with E-state index in [0.717, 1.165) is 18.0 Å². The van der Waals surface area contributed by atoms with Gasteiger partial charge in [-0.25, -0.2) is 0 Å². The fourth-order valence-electron chi connectivity index (χ4n) is 2.38. The molecule has 138 valence electrons. The number of benzene rings is 1. The number of rotatable bonds is 6. The molecule has 0 atom stereocenters. The molecule has 1 aromatic heterocycles. The summed E-state index contributed by atoms with van der Waals surface area (Å²) in [5.74, 6) is 1.86. The van der Waals surface area contributed by atoms with E-state index in [-0.39, 0.29) is 29.4 Å². The second kappa shape index (κ2) is 9.96. The Kier molecular flexibility index (Phi) is 8.64. The van der Waals surface area contributed by atoms with E-state index < -0.39 is 0 Å². The molecular weight excluding hydrogens is 453 g/mol. The molecule has 0 saturated heterocycles. The van der Waals surface area contributed by atoms with Gasteiger partial charge in [-0.15, -0.1) is 24.0 Å². The third kappa shape index (κ3) is 7.60. The minimum absolute atomic E-state index is 0. The lowest BCUT2D eigenvalue weighted by atomic mass is 9.86. The summed E-state index contributed by atoms with van der Waals surface area (Å²) in [6.07, 6.45) is 0.918. The molecule has 0 aliphatic carbocycles. The van der Waals surface area contributed by atoms with Crippen molar-refractivity contribution in [2.45, 2.75) is 33.7 Å². The van der Waals surface area contributed by atoms with Gasteiger partial charge in [-0.3, -0.25) is 4.99 Å². The van der Waals surface area contributed by atoms with Gasteiger partial charge in [-0.05, 0) is 29.5 Å². The predicted molar refractivity (Wildman–Crippen MR) is 112 cm³/mol. The van der Waals surface area contributed by atoms with Crippen LogP contribution in [-0.2, 0) is 13.0 Å². The van der Waals surface area contributed by atoms with Crippen molar-refractivity contribution in [2.75, 3.05) is 13.6 Å². The SMILES string of the molecule is CN=C(NCc1noc(C)n1)NCC(C)(C)Cc1cccc(Cl)c1.I.